The molecule has 1 amide bonds. The minimum Gasteiger partial charge on any atom is -0.355 e. The van der Waals surface area contributed by atoms with E-state index in [2.05, 4.69) is 72.7 Å². The number of rotatable bonds is 5. The smallest absolute Gasteiger partial charge is 0.220 e. The Balaban J connectivity index is 1.48. The second kappa shape index (κ2) is 7.63. The fourth-order valence-electron chi connectivity index (χ4n) is 3.39. The van der Waals surface area contributed by atoms with Crippen molar-refractivity contribution in [3.05, 3.63) is 70.8 Å². The number of hydrogen-bond acceptors (Lipinski definition) is 2. The average Bonchev–Trinajstić information content (AvgIpc) is 2.58. The van der Waals surface area contributed by atoms with Gasteiger partial charge in [0.25, 0.3) is 0 Å². The van der Waals surface area contributed by atoms with Gasteiger partial charge in [-0.05, 0) is 43.5 Å². The Bertz CT molecular complexity index is 710. The van der Waals surface area contributed by atoms with Crippen LogP contribution in [-0.2, 0) is 24.2 Å². The summed E-state index contributed by atoms with van der Waals surface area (Å²) < 4.78 is 0. The highest BCUT2D eigenvalue weighted by Gasteiger charge is 2.23. The molecule has 1 N–H and O–H groups in total. The van der Waals surface area contributed by atoms with Crippen molar-refractivity contribution in [3.8, 4) is 0 Å². The molecule has 0 saturated heterocycles. The van der Waals surface area contributed by atoms with Crippen LogP contribution >= 0.6 is 0 Å². The fourth-order valence-corrected chi connectivity index (χ4v) is 3.39. The quantitative estimate of drug-likeness (QED) is 0.917. The van der Waals surface area contributed by atoms with Crippen molar-refractivity contribution in [2.24, 2.45) is 0 Å². The van der Waals surface area contributed by atoms with Gasteiger partial charge in [-0.1, -0.05) is 54.1 Å². The Morgan fingerprint density at radius 2 is 1.96 bits per heavy atom. The van der Waals surface area contributed by atoms with Gasteiger partial charge in [0.15, 0.2) is 0 Å². The summed E-state index contributed by atoms with van der Waals surface area (Å²) in [6.07, 6.45) is 2.36. The zero-order valence-corrected chi connectivity index (χ0v) is 14.6. The topological polar surface area (TPSA) is 32.3 Å². The number of likely N-dealkylation sites (N-methyl/N-ethyl adjacent to an activating group) is 1. The van der Waals surface area contributed by atoms with E-state index in [1.165, 1.54) is 22.3 Å². The number of hydrogen-bond donors (Lipinski definition) is 1. The second-order valence-electron chi connectivity index (χ2n) is 6.83. The van der Waals surface area contributed by atoms with Crippen LogP contribution in [-0.4, -0.2) is 30.4 Å². The van der Waals surface area contributed by atoms with Gasteiger partial charge in [-0.25, -0.2) is 0 Å². The molecule has 2 aromatic rings. The highest BCUT2D eigenvalue weighted by atomic mass is 16.1. The van der Waals surface area contributed by atoms with Crippen LogP contribution in [0.2, 0.25) is 0 Å². The molecule has 0 spiro atoms. The van der Waals surface area contributed by atoms with Crippen LogP contribution in [0.15, 0.2) is 48.5 Å². The number of fused-ring (bicyclic) bond motifs is 1. The van der Waals surface area contributed by atoms with E-state index in [4.69, 9.17) is 0 Å². The first kappa shape index (κ1) is 16.7. The molecule has 3 heteroatoms. The van der Waals surface area contributed by atoms with Gasteiger partial charge < -0.3 is 5.32 Å². The zero-order valence-electron chi connectivity index (χ0n) is 14.6. The van der Waals surface area contributed by atoms with E-state index in [1.54, 1.807) is 0 Å². The van der Waals surface area contributed by atoms with E-state index in [-0.39, 0.29) is 5.91 Å². The molecule has 0 aliphatic carbocycles. The van der Waals surface area contributed by atoms with Gasteiger partial charge in [0.2, 0.25) is 5.91 Å². The Kier molecular flexibility index (Phi) is 5.31. The van der Waals surface area contributed by atoms with E-state index in [9.17, 15) is 4.79 Å². The minimum atomic E-state index is 0.142. The third-order valence-electron chi connectivity index (χ3n) is 4.88. The number of nitrogens with zero attached hydrogens (tertiary/aromatic N) is 1. The summed E-state index contributed by atoms with van der Waals surface area (Å²) in [6.45, 7) is 3.76. The number of benzene rings is 2. The summed E-state index contributed by atoms with van der Waals surface area (Å²) in [5.74, 6) is 0.142. The van der Waals surface area contributed by atoms with E-state index in [0.29, 0.717) is 12.5 Å². The Labute approximate surface area is 144 Å². The van der Waals surface area contributed by atoms with Crippen molar-refractivity contribution < 1.29 is 4.79 Å². The lowest BCUT2D eigenvalue weighted by atomic mass is 9.94. The minimum absolute atomic E-state index is 0.142. The van der Waals surface area contributed by atoms with Crippen LogP contribution in [0.25, 0.3) is 0 Å². The highest BCUT2D eigenvalue weighted by molar-refractivity contribution is 5.76. The molecule has 1 aliphatic rings. The molecule has 0 unspecified atom stereocenters. The third-order valence-corrected chi connectivity index (χ3v) is 4.88. The van der Waals surface area contributed by atoms with Gasteiger partial charge in [-0.3, -0.25) is 9.69 Å². The zero-order chi connectivity index (χ0) is 16.9. The lowest BCUT2D eigenvalue weighted by Gasteiger charge is -2.34. The van der Waals surface area contributed by atoms with Crippen LogP contribution < -0.4 is 5.32 Å². The van der Waals surface area contributed by atoms with E-state index in [1.807, 2.05) is 0 Å². The Morgan fingerprint density at radius 3 is 2.75 bits per heavy atom. The molecule has 0 saturated carbocycles. The lowest BCUT2D eigenvalue weighted by Crippen LogP contribution is -2.45. The number of carbonyl (C=O) groups excluding carboxylic acids is 1. The summed E-state index contributed by atoms with van der Waals surface area (Å²) in [4.78, 5) is 14.5. The maximum Gasteiger partial charge on any atom is 0.220 e. The molecule has 1 atom stereocenters. The molecule has 1 heterocycles. The van der Waals surface area contributed by atoms with E-state index < -0.39 is 0 Å². The molecule has 0 bridgehead atoms. The second-order valence-corrected chi connectivity index (χ2v) is 6.83. The fraction of sp³-hybridized carbons (Fsp3) is 0.381. The van der Waals surface area contributed by atoms with Crippen LogP contribution in [0.1, 0.15) is 28.7 Å². The molecule has 0 radical (unpaired) electrons. The maximum absolute atomic E-state index is 12.2. The largest absolute Gasteiger partial charge is 0.355 e. The average molecular weight is 322 g/mol. The number of amides is 1. The molecule has 126 valence electrons. The normalized spacial score (nSPS) is 17.3. The molecule has 0 aromatic heterocycles. The van der Waals surface area contributed by atoms with Crippen molar-refractivity contribution in [1.29, 1.82) is 0 Å². The number of aryl methyl sites for hydroxylation is 2. The van der Waals surface area contributed by atoms with Gasteiger partial charge in [0.1, 0.15) is 0 Å². The predicted octanol–water partition coefficient (Wildman–Crippen LogP) is 3.10. The van der Waals surface area contributed by atoms with E-state index >= 15 is 0 Å². The van der Waals surface area contributed by atoms with Gasteiger partial charge in [0, 0.05) is 25.6 Å². The van der Waals surface area contributed by atoms with Crippen molar-refractivity contribution >= 4 is 5.91 Å². The lowest BCUT2D eigenvalue weighted by molar-refractivity contribution is -0.121. The molecular formula is C21H26N2O. The van der Waals surface area contributed by atoms with Gasteiger partial charge in [0.05, 0.1) is 0 Å². The summed E-state index contributed by atoms with van der Waals surface area (Å²) >= 11 is 0. The standard InChI is InChI=1S/C21H26N2O/c1-16-6-5-7-17(12-16)10-11-21(24)22-14-20-13-18-8-3-4-9-19(18)15-23(20)2/h3-9,12,20H,10-11,13-15H2,1-2H3,(H,22,24)/t20-/m1/s1. The molecule has 3 rings (SSSR count). The van der Waals surface area contributed by atoms with Gasteiger partial charge in [-0.15, -0.1) is 0 Å². The maximum atomic E-state index is 12.2. The summed E-state index contributed by atoms with van der Waals surface area (Å²) in [5, 5.41) is 3.12. The SMILES string of the molecule is Cc1cccc(CCC(=O)NC[C@H]2Cc3ccccc3CN2C)c1. The molecule has 1 aliphatic heterocycles. The molecule has 0 fully saturated rings. The van der Waals surface area contributed by atoms with Crippen LogP contribution in [0, 0.1) is 6.92 Å². The molecule has 2 aromatic carbocycles. The van der Waals surface area contributed by atoms with E-state index in [0.717, 1.165) is 25.9 Å². The summed E-state index contributed by atoms with van der Waals surface area (Å²) in [7, 11) is 2.14. The summed E-state index contributed by atoms with van der Waals surface area (Å²) in [5.41, 5.74) is 5.29. The molecular weight excluding hydrogens is 296 g/mol. The molecule has 3 nitrogen and oxygen atoms in total. The van der Waals surface area contributed by atoms with Crippen LogP contribution in [0.5, 0.6) is 0 Å². The molecule has 24 heavy (non-hydrogen) atoms. The number of carbonyl (C=O) groups is 1. The van der Waals surface area contributed by atoms with Crippen molar-refractivity contribution in [1.82, 2.24) is 10.2 Å². The Morgan fingerprint density at radius 1 is 1.17 bits per heavy atom. The summed E-state index contributed by atoms with van der Waals surface area (Å²) in [6, 6.07) is 17.4. The van der Waals surface area contributed by atoms with Crippen molar-refractivity contribution in [3.63, 3.8) is 0 Å². The Hall–Kier alpha value is -2.13. The highest BCUT2D eigenvalue weighted by Crippen LogP contribution is 2.21. The van der Waals surface area contributed by atoms with Crippen molar-refractivity contribution in [2.75, 3.05) is 13.6 Å². The first-order valence-corrected chi connectivity index (χ1v) is 8.71. The predicted molar refractivity (Wildman–Crippen MR) is 97.9 cm³/mol. The van der Waals surface area contributed by atoms with Crippen molar-refractivity contribution in [2.45, 2.75) is 38.8 Å². The van der Waals surface area contributed by atoms with Gasteiger partial charge >= 0.3 is 0 Å². The van der Waals surface area contributed by atoms with Crippen LogP contribution in [0.3, 0.4) is 0 Å². The van der Waals surface area contributed by atoms with Crippen LogP contribution in [0.4, 0.5) is 0 Å². The monoisotopic (exact) mass is 322 g/mol. The third kappa shape index (κ3) is 4.24. The first-order valence-electron chi connectivity index (χ1n) is 8.71. The van der Waals surface area contributed by atoms with Gasteiger partial charge in [-0.2, -0.15) is 0 Å². The first-order chi connectivity index (χ1) is 11.6. The number of nitrogens with one attached hydrogen (secondary N) is 1.